The highest BCUT2D eigenvalue weighted by Crippen LogP contribution is 2.29. The Kier molecular flexibility index (Phi) is 11.5. The van der Waals surface area contributed by atoms with Crippen molar-refractivity contribution >= 4 is 62.3 Å². The lowest BCUT2D eigenvalue weighted by Crippen LogP contribution is -2.54. The monoisotopic (exact) mass is 637 g/mol. The third-order valence-electron chi connectivity index (χ3n) is 6.78. The molecule has 0 spiro atoms. The average Bonchev–Trinajstić information content (AvgIpc) is 2.91. The molecule has 2 amide bonds. The van der Waals surface area contributed by atoms with E-state index in [1.807, 2.05) is 44.2 Å². The zero-order valence-corrected chi connectivity index (χ0v) is 26.5. The van der Waals surface area contributed by atoms with Crippen molar-refractivity contribution in [2.75, 3.05) is 17.1 Å². The second-order valence-corrected chi connectivity index (χ2v) is 13.1. The Hall–Kier alpha value is -2.78. The van der Waals surface area contributed by atoms with Gasteiger partial charge in [-0.1, -0.05) is 84.2 Å². The molecular weight excluding hydrogens is 605 g/mol. The van der Waals surface area contributed by atoms with Gasteiger partial charge in [0.25, 0.3) is 0 Å². The van der Waals surface area contributed by atoms with E-state index in [0.717, 1.165) is 16.1 Å². The molecule has 2 atom stereocenters. The Labute approximate surface area is 257 Å². The van der Waals surface area contributed by atoms with Crippen LogP contribution in [0.2, 0.25) is 15.1 Å². The number of benzene rings is 3. The number of aryl methyl sites for hydroxylation is 1. The van der Waals surface area contributed by atoms with E-state index in [-0.39, 0.29) is 30.6 Å². The summed E-state index contributed by atoms with van der Waals surface area (Å²) in [5.74, 6) is -0.976. The summed E-state index contributed by atoms with van der Waals surface area (Å²) >= 11 is 19.2. The molecule has 1 N–H and O–H groups in total. The van der Waals surface area contributed by atoms with Crippen molar-refractivity contribution in [3.63, 3.8) is 0 Å². The number of carbonyl (C=O) groups excluding carboxylic acids is 2. The van der Waals surface area contributed by atoms with E-state index in [2.05, 4.69) is 5.32 Å². The summed E-state index contributed by atoms with van der Waals surface area (Å²) in [6.07, 6.45) is 1.89. The number of hydrogen-bond acceptors (Lipinski definition) is 4. The Morgan fingerprint density at radius 3 is 2.17 bits per heavy atom. The van der Waals surface area contributed by atoms with Gasteiger partial charge in [-0.2, -0.15) is 0 Å². The minimum Gasteiger partial charge on any atom is -0.352 e. The van der Waals surface area contributed by atoms with E-state index in [0.29, 0.717) is 32.6 Å². The molecule has 3 aromatic carbocycles. The summed E-state index contributed by atoms with van der Waals surface area (Å²) in [4.78, 5) is 29.3. The largest absolute Gasteiger partial charge is 0.352 e. The van der Waals surface area contributed by atoms with Gasteiger partial charge in [-0.05, 0) is 55.7 Å². The number of anilines is 1. The van der Waals surface area contributed by atoms with Crippen LogP contribution in [0.5, 0.6) is 0 Å². The second-order valence-electron chi connectivity index (χ2n) is 9.95. The number of hydrogen-bond donors (Lipinski definition) is 1. The molecule has 41 heavy (non-hydrogen) atoms. The molecule has 11 heteroatoms. The molecule has 0 saturated heterocycles. The maximum Gasteiger partial charge on any atom is 0.244 e. The van der Waals surface area contributed by atoms with Gasteiger partial charge >= 0.3 is 0 Å². The lowest BCUT2D eigenvalue weighted by Gasteiger charge is -2.34. The summed E-state index contributed by atoms with van der Waals surface area (Å²) in [5.41, 5.74) is 2.16. The van der Waals surface area contributed by atoms with E-state index in [4.69, 9.17) is 34.8 Å². The van der Waals surface area contributed by atoms with Crippen molar-refractivity contribution in [2.24, 2.45) is 0 Å². The number of amides is 2. The first kappa shape index (κ1) is 32.7. The fraction of sp³-hybridized carbons (Fsp3) is 0.333. The summed E-state index contributed by atoms with van der Waals surface area (Å²) in [6.45, 7) is 4.87. The third-order valence-corrected chi connectivity index (χ3v) is 8.85. The molecule has 7 nitrogen and oxygen atoms in total. The van der Waals surface area contributed by atoms with Crippen LogP contribution >= 0.6 is 34.8 Å². The average molecular weight is 639 g/mol. The van der Waals surface area contributed by atoms with Crippen LogP contribution in [0, 0.1) is 6.92 Å². The summed E-state index contributed by atoms with van der Waals surface area (Å²) in [6, 6.07) is 18.0. The van der Waals surface area contributed by atoms with Gasteiger partial charge < -0.3 is 10.2 Å². The minimum atomic E-state index is -3.93. The topological polar surface area (TPSA) is 86.8 Å². The summed E-state index contributed by atoms with van der Waals surface area (Å²) < 4.78 is 27.0. The molecule has 0 aromatic heterocycles. The molecule has 3 rings (SSSR count). The van der Waals surface area contributed by atoms with E-state index in [9.17, 15) is 18.0 Å². The first-order chi connectivity index (χ1) is 19.3. The lowest BCUT2D eigenvalue weighted by molar-refractivity contribution is -0.140. The van der Waals surface area contributed by atoms with Gasteiger partial charge in [-0.25, -0.2) is 8.42 Å². The number of nitrogens with zero attached hydrogens (tertiary/aromatic N) is 2. The molecule has 0 aliphatic heterocycles. The van der Waals surface area contributed by atoms with Gasteiger partial charge in [-0.15, -0.1) is 0 Å². The molecule has 0 aliphatic rings. The summed E-state index contributed by atoms with van der Waals surface area (Å²) in [7, 11) is -3.93. The highest BCUT2D eigenvalue weighted by Gasteiger charge is 2.34. The number of carbonyl (C=O) groups is 2. The molecule has 0 fully saturated rings. The van der Waals surface area contributed by atoms with Gasteiger partial charge in [0, 0.05) is 39.6 Å². The van der Waals surface area contributed by atoms with Crippen LogP contribution in [0.4, 0.5) is 5.69 Å². The molecule has 0 radical (unpaired) electrons. The van der Waals surface area contributed by atoms with Crippen LogP contribution in [0.15, 0.2) is 66.7 Å². The maximum absolute atomic E-state index is 14.2. The predicted octanol–water partition coefficient (Wildman–Crippen LogP) is 6.28. The van der Waals surface area contributed by atoms with Gasteiger partial charge in [0.2, 0.25) is 21.8 Å². The predicted molar refractivity (Wildman–Crippen MR) is 167 cm³/mol. The fourth-order valence-electron chi connectivity index (χ4n) is 4.29. The maximum atomic E-state index is 14.2. The molecule has 0 saturated carbocycles. The highest BCUT2D eigenvalue weighted by atomic mass is 35.5. The smallest absolute Gasteiger partial charge is 0.244 e. The van der Waals surface area contributed by atoms with Gasteiger partial charge in [0.1, 0.15) is 12.6 Å². The number of halogens is 3. The second kappa shape index (κ2) is 14.4. The first-order valence-electron chi connectivity index (χ1n) is 13.1. The van der Waals surface area contributed by atoms with Gasteiger partial charge in [-0.3, -0.25) is 13.9 Å². The van der Waals surface area contributed by atoms with Crippen LogP contribution < -0.4 is 9.62 Å². The van der Waals surface area contributed by atoms with Crippen LogP contribution in [0.3, 0.4) is 0 Å². The lowest BCUT2D eigenvalue weighted by atomic mass is 10.0. The molecule has 0 heterocycles. The van der Waals surface area contributed by atoms with E-state index >= 15 is 0 Å². The molecule has 0 bridgehead atoms. The zero-order valence-electron chi connectivity index (χ0n) is 23.4. The number of sulfonamides is 1. The third kappa shape index (κ3) is 8.85. The zero-order chi connectivity index (χ0) is 30.3. The van der Waals surface area contributed by atoms with Crippen molar-refractivity contribution in [1.82, 2.24) is 10.2 Å². The standard InChI is InChI=1S/C30H34Cl3N3O4S/c1-5-21(3)34-30(38)28(16-22-10-7-6-8-11-22)35(18-24-25(32)12-9-13-26(24)33)29(37)19-36(41(4,39)40)27-17-23(31)15-14-20(27)2/h6-15,17,21,28H,5,16,18-19H2,1-4H3,(H,34,38)/t21-,28+/m0/s1. The highest BCUT2D eigenvalue weighted by molar-refractivity contribution is 7.92. The van der Waals surface area contributed by atoms with E-state index in [1.165, 1.54) is 11.0 Å². The van der Waals surface area contributed by atoms with Gasteiger partial charge in [0.15, 0.2) is 0 Å². The van der Waals surface area contributed by atoms with E-state index < -0.39 is 28.5 Å². The van der Waals surface area contributed by atoms with Crippen molar-refractivity contribution < 1.29 is 18.0 Å². The van der Waals surface area contributed by atoms with E-state index in [1.54, 1.807) is 37.3 Å². The van der Waals surface area contributed by atoms with Crippen LogP contribution in [0.25, 0.3) is 0 Å². The van der Waals surface area contributed by atoms with Gasteiger partial charge in [0.05, 0.1) is 11.9 Å². The molecule has 0 aliphatic carbocycles. The Morgan fingerprint density at radius 1 is 0.951 bits per heavy atom. The van der Waals surface area contributed by atoms with Crippen molar-refractivity contribution in [1.29, 1.82) is 0 Å². The quantitative estimate of drug-likeness (QED) is 0.253. The SMILES string of the molecule is CC[C@H](C)NC(=O)[C@@H](Cc1ccccc1)N(Cc1c(Cl)cccc1Cl)C(=O)CN(c1cc(Cl)ccc1C)S(C)(=O)=O. The van der Waals surface area contributed by atoms with Crippen molar-refractivity contribution in [2.45, 2.75) is 52.2 Å². The number of nitrogens with one attached hydrogen (secondary N) is 1. The fourth-order valence-corrected chi connectivity index (χ4v) is 5.88. The van der Waals surface area contributed by atoms with Crippen LogP contribution in [-0.4, -0.2) is 50.0 Å². The van der Waals surface area contributed by atoms with Crippen molar-refractivity contribution in [3.05, 3.63) is 98.5 Å². The Balaban J connectivity index is 2.13. The normalized spacial score (nSPS) is 12.9. The molecule has 0 unspecified atom stereocenters. The van der Waals surface area contributed by atoms with Crippen LogP contribution in [-0.2, 0) is 32.6 Å². The number of rotatable bonds is 12. The molecular formula is C30H34Cl3N3O4S. The minimum absolute atomic E-state index is 0.116. The summed E-state index contributed by atoms with van der Waals surface area (Å²) in [5, 5.41) is 3.95. The first-order valence-corrected chi connectivity index (χ1v) is 16.1. The van der Waals surface area contributed by atoms with Crippen LogP contribution in [0.1, 0.15) is 37.0 Å². The Bertz CT molecular complexity index is 1470. The molecule has 220 valence electrons. The Morgan fingerprint density at radius 2 is 1.59 bits per heavy atom. The molecule has 3 aromatic rings. The van der Waals surface area contributed by atoms with Crippen molar-refractivity contribution in [3.8, 4) is 0 Å².